The highest BCUT2D eigenvalue weighted by Crippen LogP contribution is 2.37. The molecule has 1 aliphatic rings. The van der Waals surface area contributed by atoms with E-state index >= 15 is 0 Å². The van der Waals surface area contributed by atoms with E-state index in [1.165, 1.54) is 13.2 Å². The fourth-order valence-corrected chi connectivity index (χ4v) is 2.66. The number of aliphatic hydroxyl groups excluding tert-OH is 1. The van der Waals surface area contributed by atoms with Crippen LogP contribution in [0.5, 0.6) is 5.75 Å². The van der Waals surface area contributed by atoms with Gasteiger partial charge in [0.15, 0.2) is 17.1 Å². The molecule has 118 valence electrons. The molecule has 1 fully saturated rings. The number of aliphatic hydroxyl groups is 1. The molecule has 2 aromatic rings. The molecule has 1 atom stereocenters. The zero-order valence-corrected chi connectivity index (χ0v) is 12.7. The van der Waals surface area contributed by atoms with Crippen molar-refractivity contribution in [1.82, 2.24) is 0 Å². The minimum absolute atomic E-state index is 0.140. The third kappa shape index (κ3) is 2.61. The van der Waals surface area contributed by atoms with Gasteiger partial charge >= 0.3 is 5.63 Å². The first-order valence-corrected chi connectivity index (χ1v) is 7.01. The van der Waals surface area contributed by atoms with Gasteiger partial charge in [0, 0.05) is 17.0 Å². The third-order valence-electron chi connectivity index (χ3n) is 3.66. The van der Waals surface area contributed by atoms with Gasteiger partial charge in [0.1, 0.15) is 6.10 Å². The molecule has 1 N–H and O–H groups in total. The molecule has 0 radical (unpaired) electrons. The van der Waals surface area contributed by atoms with Gasteiger partial charge in [0.25, 0.3) is 0 Å². The summed E-state index contributed by atoms with van der Waals surface area (Å²) in [6.45, 7) is 3.84. The zero-order valence-electron chi connectivity index (χ0n) is 12.7. The van der Waals surface area contributed by atoms with Gasteiger partial charge in [-0.2, -0.15) is 0 Å². The summed E-state index contributed by atoms with van der Waals surface area (Å²) in [5.41, 5.74) is 1.20. The number of methoxy groups -OCH3 is 1. The fourth-order valence-electron chi connectivity index (χ4n) is 2.66. The van der Waals surface area contributed by atoms with Crippen molar-refractivity contribution < 1.29 is 23.7 Å². The zero-order chi connectivity index (χ0) is 15.9. The molecule has 1 saturated heterocycles. The summed E-state index contributed by atoms with van der Waals surface area (Å²) in [6.07, 6.45) is -0.375. The Hall–Kier alpha value is -1.89. The highest BCUT2D eigenvalue weighted by molar-refractivity contribution is 5.86. The first-order chi connectivity index (χ1) is 10.4. The maximum Gasteiger partial charge on any atom is 0.336 e. The fraction of sp³-hybridized carbons (Fsp3) is 0.438. The van der Waals surface area contributed by atoms with E-state index in [1.807, 2.05) is 13.8 Å². The van der Waals surface area contributed by atoms with E-state index in [4.69, 9.17) is 18.6 Å². The molecule has 1 aliphatic heterocycles. The first-order valence-electron chi connectivity index (χ1n) is 7.01. The van der Waals surface area contributed by atoms with Crippen molar-refractivity contribution in [2.24, 2.45) is 0 Å². The Bertz CT molecular complexity index is 761. The van der Waals surface area contributed by atoms with Gasteiger partial charge in [-0.3, -0.25) is 0 Å². The average molecular weight is 306 g/mol. The van der Waals surface area contributed by atoms with E-state index in [1.54, 1.807) is 12.1 Å². The first kappa shape index (κ1) is 15.0. The molecule has 0 amide bonds. The molecule has 1 aromatic carbocycles. The summed E-state index contributed by atoms with van der Waals surface area (Å²) >= 11 is 0. The van der Waals surface area contributed by atoms with E-state index in [9.17, 15) is 9.90 Å². The second-order valence-electron chi connectivity index (χ2n) is 5.67. The molecular weight excluding hydrogens is 288 g/mol. The van der Waals surface area contributed by atoms with E-state index in [0.29, 0.717) is 34.5 Å². The van der Waals surface area contributed by atoms with Crippen LogP contribution in [0.2, 0.25) is 0 Å². The molecular formula is C16H18O6. The lowest BCUT2D eigenvalue weighted by molar-refractivity contribution is -0.138. The molecule has 22 heavy (non-hydrogen) atoms. The van der Waals surface area contributed by atoms with Crippen LogP contribution in [-0.4, -0.2) is 24.6 Å². The molecule has 0 saturated carbocycles. The van der Waals surface area contributed by atoms with Gasteiger partial charge in [-0.15, -0.1) is 0 Å². The summed E-state index contributed by atoms with van der Waals surface area (Å²) < 4.78 is 22.0. The molecule has 1 aromatic heterocycles. The van der Waals surface area contributed by atoms with Crippen LogP contribution in [0.3, 0.4) is 0 Å². The minimum atomic E-state index is -0.703. The molecule has 6 heteroatoms. The highest BCUT2D eigenvalue weighted by atomic mass is 16.7. The predicted octanol–water partition coefficient (Wildman–Crippen LogP) is 2.12. The highest BCUT2D eigenvalue weighted by Gasteiger charge is 2.35. The lowest BCUT2D eigenvalue weighted by Gasteiger charge is -2.18. The van der Waals surface area contributed by atoms with Crippen LogP contribution in [0.1, 0.15) is 31.1 Å². The summed E-state index contributed by atoms with van der Waals surface area (Å²) in [6, 6.07) is 4.81. The number of fused-ring (bicyclic) bond motifs is 1. The number of hydrogen-bond donors (Lipinski definition) is 1. The molecule has 2 heterocycles. The molecule has 0 unspecified atom stereocenters. The maximum absolute atomic E-state index is 11.9. The Labute approximate surface area is 127 Å². The van der Waals surface area contributed by atoms with Crippen LogP contribution in [0.4, 0.5) is 0 Å². The Kier molecular flexibility index (Phi) is 3.68. The van der Waals surface area contributed by atoms with E-state index in [0.717, 1.165) is 0 Å². The average Bonchev–Trinajstić information content (AvgIpc) is 2.85. The maximum atomic E-state index is 11.9. The largest absolute Gasteiger partial charge is 0.493 e. The standard InChI is InChI=1S/C16H18O6/c1-16(2)20-8-13(22-16)10-6-14(18)21-15-11(10)4-9(7-17)5-12(15)19-3/h4-6,13,17H,7-8H2,1-3H3/t13-/m1/s1. The van der Waals surface area contributed by atoms with Crippen molar-refractivity contribution in [2.45, 2.75) is 32.3 Å². The second-order valence-corrected chi connectivity index (χ2v) is 5.67. The van der Waals surface area contributed by atoms with Gasteiger partial charge in [0.2, 0.25) is 0 Å². The SMILES string of the molecule is COc1cc(CO)cc2c([C@H]3COC(C)(C)O3)cc(=O)oc12. The number of hydrogen-bond acceptors (Lipinski definition) is 6. The third-order valence-corrected chi connectivity index (χ3v) is 3.66. The van der Waals surface area contributed by atoms with Gasteiger partial charge in [-0.05, 0) is 31.5 Å². The van der Waals surface area contributed by atoms with E-state index < -0.39 is 11.4 Å². The smallest absolute Gasteiger partial charge is 0.336 e. The van der Waals surface area contributed by atoms with Crippen molar-refractivity contribution >= 4 is 11.0 Å². The minimum Gasteiger partial charge on any atom is -0.493 e. The van der Waals surface area contributed by atoms with Crippen LogP contribution < -0.4 is 10.4 Å². The van der Waals surface area contributed by atoms with Crippen molar-refractivity contribution in [3.63, 3.8) is 0 Å². The summed E-state index contributed by atoms with van der Waals surface area (Å²) in [7, 11) is 1.49. The van der Waals surface area contributed by atoms with E-state index in [-0.39, 0.29) is 12.7 Å². The van der Waals surface area contributed by atoms with Gasteiger partial charge < -0.3 is 23.7 Å². The number of benzene rings is 1. The topological polar surface area (TPSA) is 78.1 Å². The molecule has 0 bridgehead atoms. The molecule has 3 rings (SSSR count). The van der Waals surface area contributed by atoms with Crippen LogP contribution in [0.15, 0.2) is 27.4 Å². The predicted molar refractivity (Wildman–Crippen MR) is 78.8 cm³/mol. The van der Waals surface area contributed by atoms with Crippen molar-refractivity contribution in [3.05, 3.63) is 39.7 Å². The Morgan fingerprint density at radius 3 is 2.73 bits per heavy atom. The quantitative estimate of drug-likeness (QED) is 0.875. The van der Waals surface area contributed by atoms with E-state index in [2.05, 4.69) is 0 Å². The Morgan fingerprint density at radius 2 is 2.14 bits per heavy atom. The molecule has 0 spiro atoms. The Balaban J connectivity index is 2.23. The van der Waals surface area contributed by atoms with Gasteiger partial charge in [-0.1, -0.05) is 0 Å². The van der Waals surface area contributed by atoms with Gasteiger partial charge in [0.05, 0.1) is 20.3 Å². The summed E-state index contributed by atoms with van der Waals surface area (Å²) in [5.74, 6) is -0.301. The summed E-state index contributed by atoms with van der Waals surface area (Å²) in [5, 5.41) is 10.1. The second kappa shape index (κ2) is 5.39. The van der Waals surface area contributed by atoms with Crippen molar-refractivity contribution in [3.8, 4) is 5.75 Å². The van der Waals surface area contributed by atoms with Crippen LogP contribution in [0, 0.1) is 0 Å². The van der Waals surface area contributed by atoms with Crippen molar-refractivity contribution in [1.29, 1.82) is 0 Å². The Morgan fingerprint density at radius 1 is 1.36 bits per heavy atom. The van der Waals surface area contributed by atoms with Crippen LogP contribution in [-0.2, 0) is 16.1 Å². The van der Waals surface area contributed by atoms with Crippen LogP contribution >= 0.6 is 0 Å². The lowest BCUT2D eigenvalue weighted by Crippen LogP contribution is -2.20. The lowest BCUT2D eigenvalue weighted by atomic mass is 10.0. The summed E-state index contributed by atoms with van der Waals surface area (Å²) in [4.78, 5) is 11.9. The number of rotatable bonds is 3. The monoisotopic (exact) mass is 306 g/mol. The normalized spacial score (nSPS) is 20.5. The number of ether oxygens (including phenoxy) is 3. The van der Waals surface area contributed by atoms with Crippen LogP contribution in [0.25, 0.3) is 11.0 Å². The molecule has 6 nitrogen and oxygen atoms in total. The molecule has 0 aliphatic carbocycles. The van der Waals surface area contributed by atoms with Crippen molar-refractivity contribution in [2.75, 3.05) is 13.7 Å². The van der Waals surface area contributed by atoms with Gasteiger partial charge in [-0.25, -0.2) is 4.79 Å².